The normalized spacial score (nSPS) is 21.1. The first-order valence-electron chi connectivity index (χ1n) is 6.20. The number of sulfone groups is 1. The second-order valence-electron chi connectivity index (χ2n) is 4.49. The number of hydrogen-bond donors (Lipinski definition) is 0. The molecule has 102 valence electrons. The van der Waals surface area contributed by atoms with Gasteiger partial charge in [-0.05, 0) is 25.0 Å². The summed E-state index contributed by atoms with van der Waals surface area (Å²) in [4.78, 5) is 12.2. The average molecular weight is 296 g/mol. The molecule has 5 heteroatoms. The minimum atomic E-state index is -3.07. The van der Waals surface area contributed by atoms with Crippen LogP contribution in [-0.4, -0.2) is 25.7 Å². The van der Waals surface area contributed by atoms with Crippen LogP contribution in [0.1, 0.15) is 19.3 Å². The minimum Gasteiger partial charge on any atom is -0.303 e. The maximum Gasteiger partial charge on any atom is 0.161 e. The maximum absolute atomic E-state index is 12.0. The molecular weight excluding hydrogens is 280 g/mol. The van der Waals surface area contributed by atoms with Gasteiger partial charge in [0.25, 0.3) is 0 Å². The van der Waals surface area contributed by atoms with Crippen LogP contribution in [0.5, 0.6) is 0 Å². The highest BCUT2D eigenvalue weighted by Gasteiger charge is 2.31. The molecule has 0 amide bonds. The maximum atomic E-state index is 12.0. The lowest BCUT2D eigenvalue weighted by Gasteiger charge is -2.05. The molecule has 1 heterocycles. The molecule has 1 aromatic rings. The van der Waals surface area contributed by atoms with E-state index in [1.54, 1.807) is 0 Å². The number of aldehydes is 1. The Morgan fingerprint density at radius 1 is 1.26 bits per heavy atom. The van der Waals surface area contributed by atoms with Crippen LogP contribution in [0.2, 0.25) is 0 Å². The molecule has 0 radical (unpaired) electrons. The van der Waals surface area contributed by atoms with Gasteiger partial charge in [-0.1, -0.05) is 36.0 Å². The van der Waals surface area contributed by atoms with Gasteiger partial charge in [0.05, 0.1) is 11.0 Å². The summed E-state index contributed by atoms with van der Waals surface area (Å²) in [6.07, 6.45) is 4.29. The van der Waals surface area contributed by atoms with E-state index in [-0.39, 0.29) is 5.75 Å². The van der Waals surface area contributed by atoms with Gasteiger partial charge in [0.1, 0.15) is 6.29 Å². The second-order valence-corrected chi connectivity index (χ2v) is 7.91. The van der Waals surface area contributed by atoms with Crippen LogP contribution in [0.4, 0.5) is 0 Å². The Labute approximate surface area is 118 Å². The highest BCUT2D eigenvalue weighted by atomic mass is 32.2. The number of rotatable bonds is 6. The van der Waals surface area contributed by atoms with Crippen molar-refractivity contribution in [3.63, 3.8) is 0 Å². The Kier molecular flexibility index (Phi) is 4.82. The zero-order valence-electron chi connectivity index (χ0n) is 10.5. The molecule has 0 aromatic heterocycles. The molecule has 1 aromatic carbocycles. The molecule has 1 aliphatic rings. The predicted octanol–water partition coefficient (Wildman–Crippen LogP) is 2.83. The van der Waals surface area contributed by atoms with Crippen molar-refractivity contribution in [2.45, 2.75) is 29.4 Å². The molecule has 3 nitrogen and oxygen atoms in total. The summed E-state index contributed by atoms with van der Waals surface area (Å²) in [5.41, 5.74) is 0. The van der Waals surface area contributed by atoms with Crippen molar-refractivity contribution in [1.29, 1.82) is 0 Å². The standard InChI is InChI=1S/C14H16O3S2/c15-9-5-4-8-14-10-13(11-19(14,16)17)18-12-6-2-1-3-7-12/h1-3,6-7,9-10,14H,4-5,8,11H2. The topological polar surface area (TPSA) is 51.2 Å². The van der Waals surface area contributed by atoms with E-state index < -0.39 is 15.1 Å². The van der Waals surface area contributed by atoms with Gasteiger partial charge in [0, 0.05) is 16.2 Å². The van der Waals surface area contributed by atoms with E-state index in [0.29, 0.717) is 19.3 Å². The SMILES string of the molecule is O=CCCCC1C=C(Sc2ccccc2)CS1(=O)=O. The zero-order valence-corrected chi connectivity index (χ0v) is 12.1. The predicted molar refractivity (Wildman–Crippen MR) is 77.9 cm³/mol. The van der Waals surface area contributed by atoms with Crippen molar-refractivity contribution in [3.05, 3.63) is 41.3 Å². The van der Waals surface area contributed by atoms with Crippen molar-refractivity contribution in [2.75, 3.05) is 5.75 Å². The molecule has 1 atom stereocenters. The van der Waals surface area contributed by atoms with Gasteiger partial charge in [-0.3, -0.25) is 0 Å². The molecule has 0 saturated heterocycles. The highest BCUT2D eigenvalue weighted by molar-refractivity contribution is 8.05. The first-order chi connectivity index (χ1) is 9.12. The number of carbonyl (C=O) groups is 1. The summed E-state index contributed by atoms with van der Waals surface area (Å²) in [6.45, 7) is 0. The molecule has 0 spiro atoms. The Balaban J connectivity index is 2.03. The van der Waals surface area contributed by atoms with E-state index >= 15 is 0 Å². The van der Waals surface area contributed by atoms with Crippen LogP contribution in [0, 0.1) is 0 Å². The van der Waals surface area contributed by atoms with Crippen LogP contribution < -0.4 is 0 Å². The number of benzene rings is 1. The second kappa shape index (κ2) is 6.39. The fraction of sp³-hybridized carbons (Fsp3) is 0.357. The number of hydrogen-bond acceptors (Lipinski definition) is 4. The fourth-order valence-electron chi connectivity index (χ4n) is 2.03. The van der Waals surface area contributed by atoms with Crippen molar-refractivity contribution in [1.82, 2.24) is 0 Å². The fourth-order valence-corrected chi connectivity index (χ4v) is 5.28. The average Bonchev–Trinajstić information content (AvgIpc) is 2.65. The van der Waals surface area contributed by atoms with Gasteiger partial charge < -0.3 is 4.79 Å². The molecule has 1 aliphatic heterocycles. The van der Waals surface area contributed by atoms with E-state index in [1.165, 1.54) is 11.8 Å². The Bertz CT molecular complexity index is 562. The molecule has 0 bridgehead atoms. The van der Waals surface area contributed by atoms with E-state index in [2.05, 4.69) is 0 Å². The van der Waals surface area contributed by atoms with Crippen LogP contribution >= 0.6 is 11.8 Å². The van der Waals surface area contributed by atoms with Crippen molar-refractivity contribution in [3.8, 4) is 0 Å². The minimum absolute atomic E-state index is 0.123. The van der Waals surface area contributed by atoms with Gasteiger partial charge in [-0.15, -0.1) is 0 Å². The summed E-state index contributed by atoms with van der Waals surface area (Å²) in [7, 11) is -3.07. The van der Waals surface area contributed by atoms with E-state index in [9.17, 15) is 13.2 Å². The van der Waals surface area contributed by atoms with E-state index in [4.69, 9.17) is 0 Å². The first-order valence-corrected chi connectivity index (χ1v) is 8.74. The summed E-state index contributed by atoms with van der Waals surface area (Å²) < 4.78 is 24.0. The van der Waals surface area contributed by atoms with Crippen molar-refractivity contribution >= 4 is 27.9 Å². The Hall–Kier alpha value is -1.07. The number of unbranched alkanes of at least 4 members (excludes halogenated alkanes) is 1. The lowest BCUT2D eigenvalue weighted by Crippen LogP contribution is -2.16. The zero-order chi connectivity index (χ0) is 13.7. The largest absolute Gasteiger partial charge is 0.303 e. The summed E-state index contributed by atoms with van der Waals surface area (Å²) in [5.74, 6) is 0.123. The summed E-state index contributed by atoms with van der Waals surface area (Å²) in [5, 5.41) is -0.418. The van der Waals surface area contributed by atoms with E-state index in [1.807, 2.05) is 36.4 Å². The monoisotopic (exact) mass is 296 g/mol. The quantitative estimate of drug-likeness (QED) is 0.598. The lowest BCUT2D eigenvalue weighted by molar-refractivity contribution is -0.107. The molecule has 2 rings (SSSR count). The summed E-state index contributed by atoms with van der Waals surface area (Å²) >= 11 is 1.51. The number of carbonyl (C=O) groups excluding carboxylic acids is 1. The lowest BCUT2D eigenvalue weighted by atomic mass is 10.2. The smallest absolute Gasteiger partial charge is 0.161 e. The molecular formula is C14H16O3S2. The first kappa shape index (κ1) is 14.3. The molecule has 19 heavy (non-hydrogen) atoms. The third kappa shape index (κ3) is 3.94. The molecule has 0 aliphatic carbocycles. The molecule has 0 N–H and O–H groups in total. The molecule has 1 unspecified atom stereocenters. The van der Waals surface area contributed by atoms with Gasteiger partial charge in [-0.25, -0.2) is 8.42 Å². The van der Waals surface area contributed by atoms with Gasteiger partial charge >= 0.3 is 0 Å². The van der Waals surface area contributed by atoms with Gasteiger partial charge in [0.15, 0.2) is 9.84 Å². The number of thioether (sulfide) groups is 1. The summed E-state index contributed by atoms with van der Waals surface area (Å²) in [6, 6.07) is 9.75. The Morgan fingerprint density at radius 3 is 2.68 bits per heavy atom. The van der Waals surface area contributed by atoms with Gasteiger partial charge in [-0.2, -0.15) is 0 Å². The third-order valence-electron chi connectivity index (χ3n) is 2.98. The van der Waals surface area contributed by atoms with Crippen molar-refractivity contribution in [2.24, 2.45) is 0 Å². The van der Waals surface area contributed by atoms with Gasteiger partial charge in [0.2, 0.25) is 0 Å². The molecule has 0 fully saturated rings. The highest BCUT2D eigenvalue weighted by Crippen LogP contribution is 2.34. The van der Waals surface area contributed by atoms with E-state index in [0.717, 1.165) is 16.1 Å². The van der Waals surface area contributed by atoms with Crippen LogP contribution in [0.15, 0.2) is 46.2 Å². The van der Waals surface area contributed by atoms with Crippen molar-refractivity contribution < 1.29 is 13.2 Å². The van der Waals surface area contributed by atoms with Crippen LogP contribution in [0.25, 0.3) is 0 Å². The van der Waals surface area contributed by atoms with Crippen LogP contribution in [0.3, 0.4) is 0 Å². The molecule has 0 saturated carbocycles. The Morgan fingerprint density at radius 2 is 2.00 bits per heavy atom. The third-order valence-corrected chi connectivity index (χ3v) is 6.22. The van der Waals surface area contributed by atoms with Crippen LogP contribution in [-0.2, 0) is 14.6 Å².